The van der Waals surface area contributed by atoms with Gasteiger partial charge in [0.1, 0.15) is 5.75 Å². The van der Waals surface area contributed by atoms with Crippen LogP contribution in [0.1, 0.15) is 39.2 Å². The molecule has 0 aliphatic rings. The SMILES string of the molecule is COc1ccccc1CC(CC(C)CC(C)C)NN. The molecule has 3 heteroatoms. The van der Waals surface area contributed by atoms with Crippen molar-refractivity contribution in [3.05, 3.63) is 29.8 Å². The molecule has 2 unspecified atom stereocenters. The second kappa shape index (κ2) is 8.18. The number of nitrogens with one attached hydrogen (secondary N) is 1. The summed E-state index contributed by atoms with van der Waals surface area (Å²) in [6.45, 7) is 6.83. The first-order valence-corrected chi connectivity index (χ1v) is 7.14. The van der Waals surface area contributed by atoms with Gasteiger partial charge in [0.15, 0.2) is 0 Å². The van der Waals surface area contributed by atoms with Crippen LogP contribution in [0.4, 0.5) is 0 Å². The van der Waals surface area contributed by atoms with E-state index >= 15 is 0 Å². The summed E-state index contributed by atoms with van der Waals surface area (Å²) in [4.78, 5) is 0. The molecule has 0 heterocycles. The van der Waals surface area contributed by atoms with E-state index in [-0.39, 0.29) is 0 Å². The van der Waals surface area contributed by atoms with Gasteiger partial charge in [0.2, 0.25) is 0 Å². The molecule has 1 aromatic rings. The zero-order chi connectivity index (χ0) is 14.3. The molecule has 0 aromatic heterocycles. The van der Waals surface area contributed by atoms with Gasteiger partial charge < -0.3 is 4.74 Å². The first-order valence-electron chi connectivity index (χ1n) is 7.14. The van der Waals surface area contributed by atoms with Gasteiger partial charge in [0, 0.05) is 6.04 Å². The third-order valence-corrected chi connectivity index (χ3v) is 3.46. The van der Waals surface area contributed by atoms with Crippen molar-refractivity contribution in [1.29, 1.82) is 0 Å². The first kappa shape index (κ1) is 16.0. The van der Waals surface area contributed by atoms with Crippen LogP contribution in [0, 0.1) is 11.8 Å². The van der Waals surface area contributed by atoms with Crippen molar-refractivity contribution in [2.24, 2.45) is 17.7 Å². The first-order chi connectivity index (χ1) is 9.06. The number of ether oxygens (including phenoxy) is 1. The average molecular weight is 264 g/mol. The quantitative estimate of drug-likeness (QED) is 0.560. The molecule has 0 radical (unpaired) electrons. The second-order valence-corrected chi connectivity index (χ2v) is 5.85. The summed E-state index contributed by atoms with van der Waals surface area (Å²) in [6, 6.07) is 8.44. The Morgan fingerprint density at radius 3 is 2.42 bits per heavy atom. The van der Waals surface area contributed by atoms with Gasteiger partial charge in [-0.3, -0.25) is 11.3 Å². The summed E-state index contributed by atoms with van der Waals surface area (Å²) >= 11 is 0. The highest BCUT2D eigenvalue weighted by Crippen LogP contribution is 2.22. The van der Waals surface area contributed by atoms with Gasteiger partial charge in [-0.25, -0.2) is 0 Å². The average Bonchev–Trinajstić information content (AvgIpc) is 2.37. The Bertz CT molecular complexity index is 366. The zero-order valence-electron chi connectivity index (χ0n) is 12.6. The number of nitrogens with two attached hydrogens (primary N) is 1. The maximum absolute atomic E-state index is 5.70. The number of methoxy groups -OCH3 is 1. The predicted molar refractivity (Wildman–Crippen MR) is 81.0 cm³/mol. The van der Waals surface area contributed by atoms with Crippen molar-refractivity contribution in [2.75, 3.05) is 7.11 Å². The summed E-state index contributed by atoms with van der Waals surface area (Å²) < 4.78 is 5.39. The van der Waals surface area contributed by atoms with Gasteiger partial charge in [0.05, 0.1) is 7.11 Å². The lowest BCUT2D eigenvalue weighted by atomic mass is 9.90. The minimum atomic E-state index is 0.296. The molecule has 0 aliphatic carbocycles. The van der Waals surface area contributed by atoms with Crippen LogP contribution in [0.5, 0.6) is 5.75 Å². The van der Waals surface area contributed by atoms with E-state index in [1.807, 2.05) is 18.2 Å². The van der Waals surface area contributed by atoms with Crippen LogP contribution in [0.2, 0.25) is 0 Å². The largest absolute Gasteiger partial charge is 0.496 e. The van der Waals surface area contributed by atoms with Gasteiger partial charge in [-0.15, -0.1) is 0 Å². The highest BCUT2D eigenvalue weighted by molar-refractivity contribution is 5.33. The molecule has 1 rings (SSSR count). The molecule has 2 atom stereocenters. The molecule has 1 aromatic carbocycles. The van der Waals surface area contributed by atoms with Crippen molar-refractivity contribution in [3.8, 4) is 5.75 Å². The fourth-order valence-electron chi connectivity index (χ4n) is 2.73. The number of hydrazine groups is 1. The number of benzene rings is 1. The molecule has 3 nitrogen and oxygen atoms in total. The third-order valence-electron chi connectivity index (χ3n) is 3.46. The topological polar surface area (TPSA) is 47.3 Å². The Labute approximate surface area is 117 Å². The van der Waals surface area contributed by atoms with Crippen LogP contribution in [0.25, 0.3) is 0 Å². The zero-order valence-corrected chi connectivity index (χ0v) is 12.6. The van der Waals surface area contributed by atoms with Gasteiger partial charge in [-0.1, -0.05) is 39.0 Å². The van der Waals surface area contributed by atoms with Crippen LogP contribution in [-0.2, 0) is 6.42 Å². The Morgan fingerprint density at radius 1 is 1.16 bits per heavy atom. The van der Waals surface area contributed by atoms with Gasteiger partial charge in [-0.2, -0.15) is 0 Å². The lowest BCUT2D eigenvalue weighted by Gasteiger charge is -2.22. The van der Waals surface area contributed by atoms with Crippen molar-refractivity contribution >= 4 is 0 Å². The Hall–Kier alpha value is -1.06. The smallest absolute Gasteiger partial charge is 0.122 e. The van der Waals surface area contributed by atoms with E-state index in [2.05, 4.69) is 32.3 Å². The predicted octanol–water partition coefficient (Wildman–Crippen LogP) is 3.14. The summed E-state index contributed by atoms with van der Waals surface area (Å²) in [5.74, 6) is 8.06. The van der Waals surface area contributed by atoms with E-state index in [1.165, 1.54) is 12.0 Å². The van der Waals surface area contributed by atoms with Crippen LogP contribution < -0.4 is 16.0 Å². The molecule has 0 aliphatic heterocycles. The van der Waals surface area contributed by atoms with E-state index in [4.69, 9.17) is 10.6 Å². The monoisotopic (exact) mass is 264 g/mol. The maximum Gasteiger partial charge on any atom is 0.122 e. The molecular weight excluding hydrogens is 236 g/mol. The van der Waals surface area contributed by atoms with Crippen molar-refractivity contribution in [1.82, 2.24) is 5.43 Å². The summed E-state index contributed by atoms with van der Waals surface area (Å²) in [6.07, 6.45) is 3.24. The molecule has 0 amide bonds. The minimum Gasteiger partial charge on any atom is -0.496 e. The summed E-state index contributed by atoms with van der Waals surface area (Å²) in [5, 5.41) is 0. The van der Waals surface area contributed by atoms with E-state index in [0.29, 0.717) is 12.0 Å². The fraction of sp³-hybridized carbons (Fsp3) is 0.625. The molecule has 3 N–H and O–H groups in total. The van der Waals surface area contributed by atoms with E-state index in [9.17, 15) is 0 Å². The number of rotatable bonds is 8. The van der Waals surface area contributed by atoms with E-state index in [0.717, 1.165) is 24.5 Å². The van der Waals surface area contributed by atoms with Crippen molar-refractivity contribution in [2.45, 2.75) is 46.1 Å². The second-order valence-electron chi connectivity index (χ2n) is 5.85. The third kappa shape index (κ3) is 5.62. The fourth-order valence-corrected chi connectivity index (χ4v) is 2.73. The summed E-state index contributed by atoms with van der Waals surface area (Å²) in [7, 11) is 1.71. The van der Waals surface area contributed by atoms with Crippen molar-refractivity contribution < 1.29 is 4.74 Å². The number of hydrogen-bond donors (Lipinski definition) is 2. The summed E-state index contributed by atoms with van der Waals surface area (Å²) in [5.41, 5.74) is 4.16. The van der Waals surface area contributed by atoms with Crippen LogP contribution in [0.3, 0.4) is 0 Å². The lowest BCUT2D eigenvalue weighted by molar-refractivity contribution is 0.348. The van der Waals surface area contributed by atoms with Gasteiger partial charge in [-0.05, 0) is 42.7 Å². The molecule has 0 spiro atoms. The highest BCUT2D eigenvalue weighted by Gasteiger charge is 2.15. The standard InChI is InChI=1S/C16H28N2O/c1-12(2)9-13(3)10-15(18-17)11-14-7-5-6-8-16(14)19-4/h5-8,12-13,15,18H,9-11,17H2,1-4H3. The molecular formula is C16H28N2O. The van der Waals surface area contributed by atoms with Crippen LogP contribution in [0.15, 0.2) is 24.3 Å². The van der Waals surface area contributed by atoms with Crippen molar-refractivity contribution in [3.63, 3.8) is 0 Å². The number of para-hydroxylation sites is 1. The van der Waals surface area contributed by atoms with Crippen LogP contribution in [-0.4, -0.2) is 13.2 Å². The normalized spacial score (nSPS) is 14.4. The minimum absolute atomic E-state index is 0.296. The number of hydrogen-bond acceptors (Lipinski definition) is 3. The Balaban J connectivity index is 2.61. The maximum atomic E-state index is 5.70. The van der Waals surface area contributed by atoms with Gasteiger partial charge >= 0.3 is 0 Å². The van der Waals surface area contributed by atoms with E-state index in [1.54, 1.807) is 7.11 Å². The van der Waals surface area contributed by atoms with Crippen LogP contribution >= 0.6 is 0 Å². The van der Waals surface area contributed by atoms with E-state index < -0.39 is 0 Å². The Morgan fingerprint density at radius 2 is 1.84 bits per heavy atom. The molecule has 0 saturated carbocycles. The molecule has 0 saturated heterocycles. The molecule has 0 fully saturated rings. The molecule has 19 heavy (non-hydrogen) atoms. The molecule has 108 valence electrons. The lowest BCUT2D eigenvalue weighted by Crippen LogP contribution is -2.38. The molecule has 0 bridgehead atoms. The Kier molecular flexibility index (Phi) is 6.89. The van der Waals surface area contributed by atoms with Gasteiger partial charge in [0.25, 0.3) is 0 Å². The highest BCUT2D eigenvalue weighted by atomic mass is 16.5.